The summed E-state index contributed by atoms with van der Waals surface area (Å²) in [5, 5.41) is 0. The number of rotatable bonds is 15. The molecule has 0 spiro atoms. The fourth-order valence-corrected chi connectivity index (χ4v) is 13.4. The Morgan fingerprint density at radius 3 is 1.80 bits per heavy atom. The molecule has 0 rings (SSSR count). The second-order valence-electron chi connectivity index (χ2n) is 5.97. The standard InChI is InChI=1S/C7H15O2.2C4H9.C2H5.Sn/c1-2-3-4-5-6-9-7-8;2*1-3-4-2;1-2;/h2-7H2,1H3;2*1,3-4H2,2H3;1H2,2H3;/q-1;;;;+1. The van der Waals surface area contributed by atoms with Crippen LogP contribution in [0.4, 0.5) is 0 Å². The van der Waals surface area contributed by atoms with E-state index in [1.165, 1.54) is 64.7 Å². The van der Waals surface area contributed by atoms with E-state index in [0.717, 1.165) is 6.61 Å². The van der Waals surface area contributed by atoms with Gasteiger partial charge in [0.05, 0.1) is 0 Å². The Hall–Kier alpha value is 0.719. The second kappa shape index (κ2) is 14.6. The summed E-state index contributed by atoms with van der Waals surface area (Å²) < 4.78 is 16.2. The molecule has 0 saturated heterocycles. The molecule has 0 aliphatic carbocycles. The third-order valence-electron chi connectivity index (χ3n) is 4.21. The van der Waals surface area contributed by atoms with Gasteiger partial charge in [-0.15, -0.1) is 0 Å². The SMILES string of the molecule is CCCCCCOC[O][Sn]([CH2]C)([CH2]CCC)[CH2]CCC. The Kier molecular flexibility index (Phi) is 15.2. The van der Waals surface area contributed by atoms with Gasteiger partial charge < -0.3 is 0 Å². The van der Waals surface area contributed by atoms with Crippen molar-refractivity contribution in [3.63, 3.8) is 0 Å². The molecule has 0 aromatic heterocycles. The van der Waals surface area contributed by atoms with Crippen LogP contribution in [0.5, 0.6) is 0 Å². The third-order valence-corrected chi connectivity index (χ3v) is 17.2. The molecule has 3 heteroatoms. The van der Waals surface area contributed by atoms with Crippen molar-refractivity contribution in [3.8, 4) is 0 Å². The summed E-state index contributed by atoms with van der Waals surface area (Å²) in [7, 11) is 0. The zero-order chi connectivity index (χ0) is 15.1. The predicted octanol–water partition coefficient (Wildman–Crippen LogP) is 6.12. The normalized spacial score (nSPS) is 12.0. The van der Waals surface area contributed by atoms with Crippen LogP contribution in [-0.2, 0) is 7.81 Å². The fraction of sp³-hybridized carbons (Fsp3) is 1.00. The first-order valence-corrected chi connectivity index (χ1v) is 16.2. The van der Waals surface area contributed by atoms with Gasteiger partial charge in [0.2, 0.25) is 0 Å². The molecule has 0 atom stereocenters. The van der Waals surface area contributed by atoms with Crippen molar-refractivity contribution in [2.45, 2.75) is 92.4 Å². The van der Waals surface area contributed by atoms with E-state index in [1.54, 1.807) is 0 Å². The van der Waals surface area contributed by atoms with Crippen molar-refractivity contribution in [1.82, 2.24) is 0 Å². The maximum atomic E-state index is 6.38. The van der Waals surface area contributed by atoms with Crippen LogP contribution in [0.25, 0.3) is 0 Å². The molecular formula is C17H38O2Sn. The molecule has 0 unspecified atom stereocenters. The van der Waals surface area contributed by atoms with Gasteiger partial charge in [-0.25, -0.2) is 0 Å². The Labute approximate surface area is 132 Å². The average Bonchev–Trinajstić information content (AvgIpc) is 2.48. The fourth-order valence-electron chi connectivity index (χ4n) is 2.58. The molecule has 0 heterocycles. The maximum absolute atomic E-state index is 6.38. The summed E-state index contributed by atoms with van der Waals surface area (Å²) in [6.07, 6.45) is 10.4. The van der Waals surface area contributed by atoms with Crippen molar-refractivity contribution in [3.05, 3.63) is 0 Å². The first-order chi connectivity index (χ1) is 9.74. The number of unbranched alkanes of at least 4 members (excludes halogenated alkanes) is 5. The van der Waals surface area contributed by atoms with Crippen molar-refractivity contribution in [2.24, 2.45) is 0 Å². The first kappa shape index (κ1) is 20.7. The Morgan fingerprint density at radius 2 is 1.30 bits per heavy atom. The molecule has 122 valence electrons. The van der Waals surface area contributed by atoms with Crippen LogP contribution >= 0.6 is 0 Å². The van der Waals surface area contributed by atoms with Gasteiger partial charge in [-0.1, -0.05) is 0 Å². The van der Waals surface area contributed by atoms with E-state index in [9.17, 15) is 0 Å². The Bertz CT molecular complexity index is 189. The van der Waals surface area contributed by atoms with Crippen molar-refractivity contribution >= 4 is 18.8 Å². The van der Waals surface area contributed by atoms with Crippen LogP contribution < -0.4 is 0 Å². The molecule has 0 radical (unpaired) electrons. The van der Waals surface area contributed by atoms with E-state index in [-0.39, 0.29) is 0 Å². The zero-order valence-corrected chi connectivity index (χ0v) is 17.4. The summed E-state index contributed by atoms with van der Waals surface area (Å²) in [5.41, 5.74) is 0. The number of hydrogen-bond acceptors (Lipinski definition) is 2. The molecule has 0 aromatic rings. The molecule has 0 bridgehead atoms. The minimum absolute atomic E-state index is 0.573. The molecule has 0 amide bonds. The average molecular weight is 393 g/mol. The van der Waals surface area contributed by atoms with E-state index in [2.05, 4.69) is 27.7 Å². The van der Waals surface area contributed by atoms with Gasteiger partial charge in [0.15, 0.2) is 0 Å². The van der Waals surface area contributed by atoms with Gasteiger partial charge >= 0.3 is 132 Å². The van der Waals surface area contributed by atoms with Gasteiger partial charge in [-0.2, -0.15) is 0 Å². The van der Waals surface area contributed by atoms with E-state index in [1.807, 2.05) is 0 Å². The van der Waals surface area contributed by atoms with Gasteiger partial charge in [0.25, 0.3) is 0 Å². The van der Waals surface area contributed by atoms with Gasteiger partial charge in [0.1, 0.15) is 0 Å². The number of hydrogen-bond donors (Lipinski definition) is 0. The Morgan fingerprint density at radius 1 is 0.700 bits per heavy atom. The topological polar surface area (TPSA) is 18.5 Å². The Balaban J connectivity index is 3.94. The predicted molar refractivity (Wildman–Crippen MR) is 91.7 cm³/mol. The van der Waals surface area contributed by atoms with E-state index in [4.69, 9.17) is 7.81 Å². The molecule has 20 heavy (non-hydrogen) atoms. The quantitative estimate of drug-likeness (QED) is 0.190. The van der Waals surface area contributed by atoms with E-state index in [0.29, 0.717) is 6.79 Å². The summed E-state index contributed by atoms with van der Waals surface area (Å²) in [5.74, 6) is 0. The molecule has 0 saturated carbocycles. The molecule has 0 fully saturated rings. The first-order valence-electron chi connectivity index (χ1n) is 8.96. The van der Waals surface area contributed by atoms with Gasteiger partial charge in [-0.3, -0.25) is 0 Å². The van der Waals surface area contributed by atoms with E-state index >= 15 is 0 Å². The molecule has 0 N–H and O–H groups in total. The summed E-state index contributed by atoms with van der Waals surface area (Å²) in [4.78, 5) is 0. The van der Waals surface area contributed by atoms with Crippen LogP contribution in [0.2, 0.25) is 13.3 Å². The van der Waals surface area contributed by atoms with E-state index < -0.39 is 18.8 Å². The summed E-state index contributed by atoms with van der Waals surface area (Å²) in [6, 6.07) is 0. The molecule has 0 aliphatic heterocycles. The summed E-state index contributed by atoms with van der Waals surface area (Å²) >= 11 is -2.32. The third kappa shape index (κ3) is 10.4. The molecule has 0 aromatic carbocycles. The zero-order valence-electron chi connectivity index (χ0n) is 14.5. The van der Waals surface area contributed by atoms with Crippen molar-refractivity contribution in [1.29, 1.82) is 0 Å². The van der Waals surface area contributed by atoms with Crippen LogP contribution in [-0.4, -0.2) is 32.2 Å². The monoisotopic (exact) mass is 394 g/mol. The van der Waals surface area contributed by atoms with Crippen molar-refractivity contribution in [2.75, 3.05) is 13.4 Å². The number of ether oxygens (including phenoxy) is 1. The van der Waals surface area contributed by atoms with Crippen LogP contribution in [0, 0.1) is 0 Å². The van der Waals surface area contributed by atoms with Gasteiger partial charge in [0, 0.05) is 0 Å². The summed E-state index contributed by atoms with van der Waals surface area (Å²) in [6.45, 7) is 10.6. The van der Waals surface area contributed by atoms with Crippen LogP contribution in [0.1, 0.15) is 79.1 Å². The van der Waals surface area contributed by atoms with Crippen LogP contribution in [0.15, 0.2) is 0 Å². The van der Waals surface area contributed by atoms with Crippen molar-refractivity contribution < 1.29 is 7.81 Å². The molecule has 2 nitrogen and oxygen atoms in total. The minimum atomic E-state index is -2.32. The van der Waals surface area contributed by atoms with Gasteiger partial charge in [-0.05, 0) is 0 Å². The molecule has 0 aliphatic rings. The molecular weight excluding hydrogens is 355 g/mol. The van der Waals surface area contributed by atoms with Crippen LogP contribution in [0.3, 0.4) is 0 Å². The second-order valence-corrected chi connectivity index (χ2v) is 18.4.